The van der Waals surface area contributed by atoms with E-state index in [2.05, 4.69) is 10.6 Å². The molecule has 0 aliphatic carbocycles. The molecule has 1 heterocycles. The summed E-state index contributed by atoms with van der Waals surface area (Å²) in [5.41, 5.74) is 0.733. The predicted molar refractivity (Wildman–Crippen MR) is 85.6 cm³/mol. The normalized spacial score (nSPS) is 17.3. The second-order valence-corrected chi connectivity index (χ2v) is 5.21. The van der Waals surface area contributed by atoms with E-state index < -0.39 is 0 Å². The summed E-state index contributed by atoms with van der Waals surface area (Å²) in [5.74, 6) is 0.575. The van der Waals surface area contributed by atoms with Crippen molar-refractivity contribution < 1.29 is 14.3 Å². The Labute approximate surface area is 130 Å². The van der Waals surface area contributed by atoms with Crippen LogP contribution in [0.25, 0.3) is 0 Å². The Morgan fingerprint density at radius 2 is 2.29 bits per heavy atom. The predicted octanol–water partition coefficient (Wildman–Crippen LogP) is 2.47. The van der Waals surface area contributed by atoms with Crippen LogP contribution in [0.15, 0.2) is 24.3 Å². The van der Waals surface area contributed by atoms with Gasteiger partial charge in [-0.3, -0.25) is 4.79 Å². The molecule has 1 aromatic rings. The standard InChI is InChI=1S/C15H20N2O3S/c1-2-14(18)17-15(21)16-12-7-3-4-8-13(12)20-10-11-6-5-9-19-11/h3-4,7-8,11H,2,5-6,9-10H2,1H3,(H2,16,17,18,21). The first-order chi connectivity index (χ1) is 10.2. The number of benzene rings is 1. The Morgan fingerprint density at radius 1 is 1.48 bits per heavy atom. The maximum Gasteiger partial charge on any atom is 0.225 e. The van der Waals surface area contributed by atoms with Crippen LogP contribution in [0.4, 0.5) is 5.69 Å². The summed E-state index contributed by atoms with van der Waals surface area (Å²) >= 11 is 5.11. The second kappa shape index (κ2) is 7.95. The Morgan fingerprint density at radius 3 is 3.00 bits per heavy atom. The van der Waals surface area contributed by atoms with Crippen molar-refractivity contribution in [3.63, 3.8) is 0 Å². The van der Waals surface area contributed by atoms with Crippen LogP contribution in [0.5, 0.6) is 5.75 Å². The highest BCUT2D eigenvalue weighted by molar-refractivity contribution is 7.80. The molecular weight excluding hydrogens is 288 g/mol. The van der Waals surface area contributed by atoms with Crippen molar-refractivity contribution in [3.05, 3.63) is 24.3 Å². The van der Waals surface area contributed by atoms with E-state index in [1.54, 1.807) is 6.92 Å². The summed E-state index contributed by atoms with van der Waals surface area (Å²) in [6, 6.07) is 7.49. The molecule has 0 aromatic heterocycles. The first kappa shape index (κ1) is 15.7. The van der Waals surface area contributed by atoms with Crippen molar-refractivity contribution in [2.45, 2.75) is 32.3 Å². The maximum absolute atomic E-state index is 11.3. The molecule has 6 heteroatoms. The van der Waals surface area contributed by atoms with Gasteiger partial charge in [0.25, 0.3) is 0 Å². The van der Waals surface area contributed by atoms with Crippen LogP contribution in [-0.2, 0) is 9.53 Å². The number of thiocarbonyl (C=S) groups is 1. The zero-order chi connectivity index (χ0) is 15.1. The summed E-state index contributed by atoms with van der Waals surface area (Å²) in [7, 11) is 0. The Balaban J connectivity index is 1.92. The lowest BCUT2D eigenvalue weighted by atomic mass is 10.2. The largest absolute Gasteiger partial charge is 0.489 e. The van der Waals surface area contributed by atoms with Gasteiger partial charge in [0.05, 0.1) is 11.8 Å². The average molecular weight is 308 g/mol. The third-order valence-electron chi connectivity index (χ3n) is 3.16. The van der Waals surface area contributed by atoms with Crippen LogP contribution < -0.4 is 15.4 Å². The first-order valence-corrected chi connectivity index (χ1v) is 7.54. The van der Waals surface area contributed by atoms with Gasteiger partial charge in [0.2, 0.25) is 5.91 Å². The van der Waals surface area contributed by atoms with Crippen LogP contribution in [0.3, 0.4) is 0 Å². The Bertz CT molecular complexity index is 501. The third kappa shape index (κ3) is 4.99. The smallest absolute Gasteiger partial charge is 0.225 e. The summed E-state index contributed by atoms with van der Waals surface area (Å²) < 4.78 is 11.3. The van der Waals surface area contributed by atoms with Gasteiger partial charge < -0.3 is 20.1 Å². The summed E-state index contributed by atoms with van der Waals surface area (Å²) in [6.45, 7) is 3.10. The van der Waals surface area contributed by atoms with Crippen molar-refractivity contribution in [3.8, 4) is 5.75 Å². The number of amides is 1. The van der Waals surface area contributed by atoms with Crippen LogP contribution >= 0.6 is 12.2 Å². The van der Waals surface area contributed by atoms with Crippen LogP contribution in [0.2, 0.25) is 0 Å². The zero-order valence-corrected chi connectivity index (χ0v) is 12.9. The van der Waals surface area contributed by atoms with E-state index in [0.29, 0.717) is 18.8 Å². The van der Waals surface area contributed by atoms with Crippen molar-refractivity contribution in [2.75, 3.05) is 18.5 Å². The van der Waals surface area contributed by atoms with Crippen molar-refractivity contribution >= 4 is 28.9 Å². The minimum absolute atomic E-state index is 0.120. The molecule has 0 bridgehead atoms. The third-order valence-corrected chi connectivity index (χ3v) is 3.36. The monoisotopic (exact) mass is 308 g/mol. The van der Waals surface area contributed by atoms with Gasteiger partial charge in [-0.1, -0.05) is 19.1 Å². The van der Waals surface area contributed by atoms with Crippen LogP contribution in [0, 0.1) is 0 Å². The van der Waals surface area contributed by atoms with Gasteiger partial charge in [-0.25, -0.2) is 0 Å². The molecule has 114 valence electrons. The molecule has 1 aliphatic heterocycles. The van der Waals surface area contributed by atoms with E-state index in [0.717, 1.165) is 25.1 Å². The topological polar surface area (TPSA) is 59.6 Å². The molecule has 0 spiro atoms. The van der Waals surface area contributed by atoms with Crippen LogP contribution in [-0.4, -0.2) is 30.3 Å². The molecular formula is C15H20N2O3S. The molecule has 1 unspecified atom stereocenters. The lowest BCUT2D eigenvalue weighted by molar-refractivity contribution is -0.119. The molecule has 1 saturated heterocycles. The van der Waals surface area contributed by atoms with Crippen LogP contribution in [0.1, 0.15) is 26.2 Å². The van der Waals surface area contributed by atoms with E-state index in [1.165, 1.54) is 0 Å². The summed E-state index contributed by atoms with van der Waals surface area (Å²) in [6.07, 6.45) is 2.66. The highest BCUT2D eigenvalue weighted by Gasteiger charge is 2.17. The fourth-order valence-corrected chi connectivity index (χ4v) is 2.25. The Hall–Kier alpha value is -1.66. The van der Waals surface area contributed by atoms with Gasteiger partial charge in [0.15, 0.2) is 5.11 Å². The number of ether oxygens (including phenoxy) is 2. The van der Waals surface area contributed by atoms with Crippen molar-refractivity contribution in [1.82, 2.24) is 5.32 Å². The van der Waals surface area contributed by atoms with E-state index in [4.69, 9.17) is 21.7 Å². The first-order valence-electron chi connectivity index (χ1n) is 7.13. The van der Waals surface area contributed by atoms with Gasteiger partial charge in [-0.2, -0.15) is 0 Å². The minimum atomic E-state index is -0.120. The molecule has 2 rings (SSSR count). The van der Waals surface area contributed by atoms with Gasteiger partial charge in [-0.15, -0.1) is 0 Å². The minimum Gasteiger partial charge on any atom is -0.489 e. The van der Waals surface area contributed by atoms with E-state index in [-0.39, 0.29) is 17.1 Å². The molecule has 5 nitrogen and oxygen atoms in total. The number of nitrogens with one attached hydrogen (secondary N) is 2. The number of para-hydroxylation sites is 2. The van der Waals surface area contributed by atoms with Crippen molar-refractivity contribution in [2.24, 2.45) is 0 Å². The SMILES string of the molecule is CCC(=O)NC(=S)Nc1ccccc1OCC1CCCO1. The second-order valence-electron chi connectivity index (χ2n) is 4.80. The quantitative estimate of drug-likeness (QED) is 0.818. The lowest BCUT2D eigenvalue weighted by Crippen LogP contribution is -2.33. The average Bonchev–Trinajstić information content (AvgIpc) is 2.99. The highest BCUT2D eigenvalue weighted by Crippen LogP contribution is 2.25. The van der Waals surface area contributed by atoms with Gasteiger partial charge >= 0.3 is 0 Å². The Kier molecular flexibility index (Phi) is 5.95. The van der Waals surface area contributed by atoms with E-state index >= 15 is 0 Å². The van der Waals surface area contributed by atoms with Crippen molar-refractivity contribution in [1.29, 1.82) is 0 Å². The van der Waals surface area contributed by atoms with Gasteiger partial charge in [0.1, 0.15) is 12.4 Å². The fraction of sp³-hybridized carbons (Fsp3) is 0.467. The number of rotatable bonds is 5. The highest BCUT2D eigenvalue weighted by atomic mass is 32.1. The number of hydrogen-bond donors (Lipinski definition) is 2. The molecule has 1 fully saturated rings. The van der Waals surface area contributed by atoms with Gasteiger partial charge in [0, 0.05) is 13.0 Å². The summed E-state index contributed by atoms with van der Waals surface area (Å²) in [4.78, 5) is 11.3. The van der Waals surface area contributed by atoms with Gasteiger partial charge in [-0.05, 0) is 37.2 Å². The number of anilines is 1. The fourth-order valence-electron chi connectivity index (χ4n) is 2.02. The zero-order valence-electron chi connectivity index (χ0n) is 12.1. The molecule has 2 N–H and O–H groups in total. The molecule has 1 amide bonds. The van der Waals surface area contributed by atoms with E-state index in [1.807, 2.05) is 24.3 Å². The number of carbonyl (C=O) groups is 1. The number of carbonyl (C=O) groups excluding carboxylic acids is 1. The molecule has 1 atom stereocenters. The maximum atomic E-state index is 11.3. The molecule has 0 saturated carbocycles. The number of hydrogen-bond acceptors (Lipinski definition) is 4. The molecule has 21 heavy (non-hydrogen) atoms. The molecule has 1 aromatic carbocycles. The molecule has 1 aliphatic rings. The van der Waals surface area contributed by atoms with E-state index in [9.17, 15) is 4.79 Å². The molecule has 0 radical (unpaired) electrons. The summed E-state index contributed by atoms with van der Waals surface area (Å²) in [5, 5.41) is 5.86. The lowest BCUT2D eigenvalue weighted by Gasteiger charge is -2.16.